The second-order valence-corrected chi connectivity index (χ2v) is 7.02. The lowest BCUT2D eigenvalue weighted by Gasteiger charge is -2.40. The molecule has 0 aromatic heterocycles. The maximum Gasteiger partial charge on any atom is 0.335 e. The van der Waals surface area contributed by atoms with Crippen LogP contribution in [0, 0.1) is 11.8 Å². The number of ether oxygens (including phenoxy) is 2. The molecule has 0 aliphatic carbocycles. The van der Waals surface area contributed by atoms with Crippen molar-refractivity contribution in [3.63, 3.8) is 0 Å². The molecule has 2 aliphatic heterocycles. The quantitative estimate of drug-likeness (QED) is 0.731. The summed E-state index contributed by atoms with van der Waals surface area (Å²) in [4.78, 5) is 0. The highest BCUT2D eigenvalue weighted by Gasteiger charge is 2.44. The minimum absolute atomic E-state index is 0.206. The van der Waals surface area contributed by atoms with Gasteiger partial charge in [0, 0.05) is 20.1 Å². The molecule has 1 unspecified atom stereocenters. The summed E-state index contributed by atoms with van der Waals surface area (Å²) in [5.41, 5.74) is -0.212. The van der Waals surface area contributed by atoms with Crippen LogP contribution in [0.1, 0.15) is 13.3 Å². The Morgan fingerprint density at radius 3 is 2.71 bits per heavy atom. The molecule has 0 aromatic carbocycles. The fourth-order valence-corrected chi connectivity index (χ4v) is 3.92. The van der Waals surface area contributed by atoms with Crippen molar-refractivity contribution in [2.45, 2.75) is 25.3 Å². The van der Waals surface area contributed by atoms with E-state index >= 15 is 0 Å². The van der Waals surface area contributed by atoms with E-state index in [-0.39, 0.29) is 17.9 Å². The topological polar surface area (TPSA) is 54.0 Å². The van der Waals surface area contributed by atoms with E-state index in [1.807, 2.05) is 6.08 Å². The molecule has 0 aromatic rings. The highest BCUT2D eigenvalue weighted by atomic mass is 31.2. The minimum Gasteiger partial charge on any atom is -0.473 e. The maximum atomic E-state index is 12.3. The summed E-state index contributed by atoms with van der Waals surface area (Å²) in [6.07, 6.45) is 4.18. The Bertz CT molecular complexity index is 335. The van der Waals surface area contributed by atoms with Crippen LogP contribution in [-0.2, 0) is 23.1 Å². The van der Waals surface area contributed by atoms with Gasteiger partial charge in [0.1, 0.15) is 0 Å². The summed E-state index contributed by atoms with van der Waals surface area (Å²) in [7, 11) is -0.224. The van der Waals surface area contributed by atoms with Crippen LogP contribution in [0.2, 0.25) is 0 Å². The van der Waals surface area contributed by atoms with Gasteiger partial charge in [-0.25, -0.2) is 0 Å². The molecule has 98 valence electrons. The van der Waals surface area contributed by atoms with Crippen molar-refractivity contribution in [3.8, 4) is 0 Å². The minimum atomic E-state index is -3.05. The predicted octanol–water partition coefficient (Wildman–Crippen LogP) is 2.38. The zero-order chi connectivity index (χ0) is 12.5. The van der Waals surface area contributed by atoms with Gasteiger partial charge < -0.3 is 18.5 Å². The molecule has 17 heavy (non-hydrogen) atoms. The van der Waals surface area contributed by atoms with Crippen LogP contribution in [0.4, 0.5) is 0 Å². The summed E-state index contributed by atoms with van der Waals surface area (Å²) in [5, 5.41) is 0. The van der Waals surface area contributed by atoms with Gasteiger partial charge in [-0.1, -0.05) is 6.92 Å². The lowest BCUT2D eigenvalue weighted by Crippen LogP contribution is -2.42. The standard InChI is InChI=1S/C11H19O5P/c1-8-4-5-15-11-10(8)6-9(7-16-11)17(12,13-2)14-3/h4-5,8-11H,6-7H2,1-3H3/t8-,9?,10-,11+/m1/s1. The van der Waals surface area contributed by atoms with E-state index in [9.17, 15) is 4.57 Å². The fraction of sp³-hybridized carbons (Fsp3) is 0.818. The number of allylic oxidation sites excluding steroid dienone is 1. The average molecular weight is 262 g/mol. The predicted molar refractivity (Wildman–Crippen MR) is 62.6 cm³/mol. The Labute approximate surface area is 102 Å². The maximum absolute atomic E-state index is 12.3. The second-order valence-electron chi connectivity index (χ2n) is 4.48. The number of hydrogen-bond acceptors (Lipinski definition) is 5. The Morgan fingerprint density at radius 1 is 1.35 bits per heavy atom. The lowest BCUT2D eigenvalue weighted by atomic mass is 9.86. The van der Waals surface area contributed by atoms with Gasteiger partial charge in [-0.3, -0.25) is 4.57 Å². The summed E-state index contributed by atoms with van der Waals surface area (Å²) >= 11 is 0. The van der Waals surface area contributed by atoms with Crippen molar-refractivity contribution in [2.24, 2.45) is 11.8 Å². The third kappa shape index (κ3) is 2.43. The van der Waals surface area contributed by atoms with Crippen molar-refractivity contribution in [1.29, 1.82) is 0 Å². The van der Waals surface area contributed by atoms with E-state index < -0.39 is 7.60 Å². The molecule has 1 fully saturated rings. The van der Waals surface area contributed by atoms with Gasteiger partial charge in [-0.05, 0) is 18.4 Å². The number of hydrogen-bond donors (Lipinski definition) is 0. The van der Waals surface area contributed by atoms with E-state index in [4.69, 9.17) is 18.5 Å². The second kappa shape index (κ2) is 5.11. The molecule has 2 heterocycles. The van der Waals surface area contributed by atoms with Crippen molar-refractivity contribution in [1.82, 2.24) is 0 Å². The summed E-state index contributed by atoms with van der Waals surface area (Å²) < 4.78 is 33.4. The number of fused-ring (bicyclic) bond motifs is 1. The van der Waals surface area contributed by atoms with E-state index in [1.54, 1.807) is 6.26 Å². The van der Waals surface area contributed by atoms with Crippen LogP contribution < -0.4 is 0 Å². The fourth-order valence-electron chi connectivity index (χ4n) is 2.41. The Morgan fingerprint density at radius 2 is 2.06 bits per heavy atom. The first-order valence-electron chi connectivity index (χ1n) is 5.75. The molecule has 2 aliphatic rings. The van der Waals surface area contributed by atoms with Crippen LogP contribution >= 0.6 is 7.60 Å². The first-order valence-corrected chi connectivity index (χ1v) is 7.37. The highest BCUT2D eigenvalue weighted by molar-refractivity contribution is 7.54. The van der Waals surface area contributed by atoms with Gasteiger partial charge >= 0.3 is 7.60 Å². The van der Waals surface area contributed by atoms with Crippen LogP contribution in [-0.4, -0.2) is 32.8 Å². The van der Waals surface area contributed by atoms with Crippen LogP contribution in [0.15, 0.2) is 12.3 Å². The van der Waals surface area contributed by atoms with Crippen molar-refractivity contribution >= 4 is 7.60 Å². The molecular formula is C11H19O5P. The molecule has 4 atom stereocenters. The molecule has 2 rings (SSSR count). The summed E-state index contributed by atoms with van der Waals surface area (Å²) in [6, 6.07) is 0. The van der Waals surface area contributed by atoms with E-state index in [2.05, 4.69) is 6.92 Å². The normalized spacial score (nSPS) is 37.4. The Hall–Kier alpha value is -0.350. The molecule has 0 bridgehead atoms. The number of rotatable bonds is 3. The van der Waals surface area contributed by atoms with Crippen molar-refractivity contribution in [3.05, 3.63) is 12.3 Å². The van der Waals surface area contributed by atoms with Gasteiger partial charge in [0.05, 0.1) is 18.5 Å². The van der Waals surface area contributed by atoms with Crippen LogP contribution in [0.25, 0.3) is 0 Å². The van der Waals surface area contributed by atoms with Crippen molar-refractivity contribution < 1.29 is 23.1 Å². The SMILES string of the molecule is COP(=O)(OC)C1CO[C@@H]2OC=C[C@@H](C)[C@H]2C1. The monoisotopic (exact) mass is 262 g/mol. The third-order valence-electron chi connectivity index (χ3n) is 3.57. The molecule has 0 saturated carbocycles. The van der Waals surface area contributed by atoms with E-state index in [0.29, 0.717) is 12.5 Å². The van der Waals surface area contributed by atoms with Crippen LogP contribution in [0.3, 0.4) is 0 Å². The molecule has 0 radical (unpaired) electrons. The smallest absolute Gasteiger partial charge is 0.335 e. The molecule has 5 nitrogen and oxygen atoms in total. The molecule has 0 N–H and O–H groups in total. The third-order valence-corrected chi connectivity index (χ3v) is 5.85. The van der Waals surface area contributed by atoms with Gasteiger partial charge in [-0.2, -0.15) is 0 Å². The molecule has 0 spiro atoms. The average Bonchev–Trinajstić information content (AvgIpc) is 2.38. The summed E-state index contributed by atoms with van der Waals surface area (Å²) in [6.45, 7) is 2.45. The van der Waals surface area contributed by atoms with Gasteiger partial charge in [0.15, 0.2) is 0 Å². The summed E-state index contributed by atoms with van der Waals surface area (Å²) in [5.74, 6) is 0.552. The molecular weight excluding hydrogens is 243 g/mol. The van der Waals surface area contributed by atoms with Gasteiger partial charge in [0.25, 0.3) is 0 Å². The Balaban J connectivity index is 2.11. The largest absolute Gasteiger partial charge is 0.473 e. The van der Waals surface area contributed by atoms with Crippen LogP contribution in [0.5, 0.6) is 0 Å². The Kier molecular flexibility index (Phi) is 3.93. The van der Waals surface area contributed by atoms with Crippen molar-refractivity contribution in [2.75, 3.05) is 20.8 Å². The zero-order valence-electron chi connectivity index (χ0n) is 10.4. The molecule has 0 amide bonds. The van der Waals surface area contributed by atoms with E-state index in [1.165, 1.54) is 14.2 Å². The first-order chi connectivity index (χ1) is 8.10. The molecule has 6 heteroatoms. The van der Waals surface area contributed by atoms with Gasteiger partial charge in [0.2, 0.25) is 6.29 Å². The van der Waals surface area contributed by atoms with E-state index in [0.717, 1.165) is 6.42 Å². The molecule has 1 saturated heterocycles. The zero-order valence-corrected chi connectivity index (χ0v) is 11.3. The first kappa shape index (κ1) is 13.1. The highest BCUT2D eigenvalue weighted by Crippen LogP contribution is 2.56. The van der Waals surface area contributed by atoms with Gasteiger partial charge in [-0.15, -0.1) is 0 Å². The lowest BCUT2D eigenvalue weighted by molar-refractivity contribution is -0.178.